The Labute approximate surface area is 91.2 Å². The molecule has 1 aliphatic carbocycles. The van der Waals surface area contributed by atoms with Crippen molar-refractivity contribution in [2.45, 2.75) is 12.5 Å². The summed E-state index contributed by atoms with van der Waals surface area (Å²) in [7, 11) is 0. The summed E-state index contributed by atoms with van der Waals surface area (Å²) in [6.07, 6.45) is 0.638. The molecule has 4 unspecified atom stereocenters. The van der Waals surface area contributed by atoms with Gasteiger partial charge in [0.15, 0.2) is 0 Å². The van der Waals surface area contributed by atoms with Crippen molar-refractivity contribution >= 4 is 17.8 Å². The average molecular weight is 225 g/mol. The number of carbonyl (C=O) groups excluding carboxylic acids is 2. The standard InChI is InChI=1S/C10H11NO5/c12-8-4-1-5(4)9(13)11(8)7-3-16-2-6(7)10(14)15/h4-7H,1-3H2,(H,14,15). The zero-order valence-electron chi connectivity index (χ0n) is 8.46. The van der Waals surface area contributed by atoms with E-state index in [1.165, 1.54) is 0 Å². The molecule has 3 aliphatic rings. The molecule has 2 saturated heterocycles. The van der Waals surface area contributed by atoms with Crippen molar-refractivity contribution in [3.63, 3.8) is 0 Å². The summed E-state index contributed by atoms with van der Waals surface area (Å²) in [4.78, 5) is 35.6. The molecule has 2 heterocycles. The number of aliphatic carboxylic acids is 1. The topological polar surface area (TPSA) is 83.9 Å². The molecule has 2 aliphatic heterocycles. The van der Waals surface area contributed by atoms with Gasteiger partial charge in [-0.25, -0.2) is 0 Å². The predicted octanol–water partition coefficient (Wildman–Crippen LogP) is -0.909. The summed E-state index contributed by atoms with van der Waals surface area (Å²) in [6.45, 7) is 0.222. The Morgan fingerprint density at radius 3 is 2.44 bits per heavy atom. The molecule has 0 aromatic heterocycles. The lowest BCUT2D eigenvalue weighted by Crippen LogP contribution is -2.47. The third-order valence-electron chi connectivity index (χ3n) is 3.60. The van der Waals surface area contributed by atoms with Crippen LogP contribution in [0.4, 0.5) is 0 Å². The molecule has 0 radical (unpaired) electrons. The van der Waals surface area contributed by atoms with Gasteiger partial charge in [0.1, 0.15) is 5.92 Å². The van der Waals surface area contributed by atoms with Gasteiger partial charge < -0.3 is 9.84 Å². The molecule has 0 aromatic carbocycles. The van der Waals surface area contributed by atoms with Gasteiger partial charge in [0.2, 0.25) is 11.8 Å². The van der Waals surface area contributed by atoms with Crippen LogP contribution in [0.1, 0.15) is 6.42 Å². The van der Waals surface area contributed by atoms with Crippen LogP contribution < -0.4 is 0 Å². The van der Waals surface area contributed by atoms with Gasteiger partial charge in [-0.3, -0.25) is 19.3 Å². The molecule has 0 aromatic rings. The summed E-state index contributed by atoms with van der Waals surface area (Å²) in [5.41, 5.74) is 0. The Kier molecular flexibility index (Phi) is 1.85. The lowest BCUT2D eigenvalue weighted by atomic mass is 10.0. The maximum Gasteiger partial charge on any atom is 0.311 e. The van der Waals surface area contributed by atoms with Gasteiger partial charge in [-0.2, -0.15) is 0 Å². The number of amides is 2. The minimum atomic E-state index is -1.01. The first kappa shape index (κ1) is 9.77. The molecule has 0 bridgehead atoms. The molecule has 16 heavy (non-hydrogen) atoms. The summed E-state index contributed by atoms with van der Waals surface area (Å²) in [5, 5.41) is 8.96. The molecule has 3 fully saturated rings. The maximum atomic E-state index is 11.8. The number of nitrogens with zero attached hydrogens (tertiary/aromatic N) is 1. The molecule has 2 amide bonds. The van der Waals surface area contributed by atoms with E-state index in [4.69, 9.17) is 9.84 Å². The van der Waals surface area contributed by atoms with Crippen molar-refractivity contribution in [3.8, 4) is 0 Å². The number of hydrogen-bond acceptors (Lipinski definition) is 4. The van der Waals surface area contributed by atoms with E-state index in [-0.39, 0.29) is 36.9 Å². The highest BCUT2D eigenvalue weighted by molar-refractivity contribution is 6.09. The molecule has 86 valence electrons. The lowest BCUT2D eigenvalue weighted by Gasteiger charge is -2.25. The monoisotopic (exact) mass is 225 g/mol. The van der Waals surface area contributed by atoms with Gasteiger partial charge in [0.25, 0.3) is 0 Å². The highest BCUT2D eigenvalue weighted by Crippen LogP contribution is 2.48. The van der Waals surface area contributed by atoms with E-state index in [1.54, 1.807) is 0 Å². The number of imide groups is 1. The van der Waals surface area contributed by atoms with Gasteiger partial charge in [-0.05, 0) is 6.42 Å². The first-order valence-electron chi connectivity index (χ1n) is 5.28. The Morgan fingerprint density at radius 2 is 1.88 bits per heavy atom. The van der Waals surface area contributed by atoms with Crippen LogP contribution in [0.5, 0.6) is 0 Å². The SMILES string of the molecule is O=C(O)C1COCC1N1C(=O)C2CC2C1=O. The average Bonchev–Trinajstić information content (AvgIpc) is 2.82. The van der Waals surface area contributed by atoms with Crippen LogP contribution in [0.25, 0.3) is 0 Å². The molecule has 1 N–H and O–H groups in total. The normalized spacial score (nSPS) is 41.4. The number of piperidine rings is 1. The Hall–Kier alpha value is -1.43. The number of carboxylic acid groups (broad SMARTS) is 1. The van der Waals surface area contributed by atoms with Crippen LogP contribution in [-0.2, 0) is 19.1 Å². The van der Waals surface area contributed by atoms with E-state index in [0.29, 0.717) is 6.42 Å². The van der Waals surface area contributed by atoms with Gasteiger partial charge >= 0.3 is 5.97 Å². The highest BCUT2D eigenvalue weighted by atomic mass is 16.5. The summed E-state index contributed by atoms with van der Waals surface area (Å²) >= 11 is 0. The van der Waals surface area contributed by atoms with Crippen molar-refractivity contribution < 1.29 is 24.2 Å². The minimum Gasteiger partial charge on any atom is -0.481 e. The first-order chi connectivity index (χ1) is 7.61. The number of carboxylic acids is 1. The second-order valence-corrected chi connectivity index (χ2v) is 4.54. The van der Waals surface area contributed by atoms with E-state index < -0.39 is 17.9 Å². The fourth-order valence-corrected chi connectivity index (χ4v) is 2.57. The Bertz CT molecular complexity index is 373. The van der Waals surface area contributed by atoms with Crippen molar-refractivity contribution in [1.82, 2.24) is 4.90 Å². The van der Waals surface area contributed by atoms with Gasteiger partial charge in [0, 0.05) is 0 Å². The lowest BCUT2D eigenvalue weighted by molar-refractivity contribution is -0.149. The van der Waals surface area contributed by atoms with Crippen molar-refractivity contribution in [1.29, 1.82) is 0 Å². The molecule has 3 rings (SSSR count). The molecule has 6 nitrogen and oxygen atoms in total. The molecule has 4 atom stereocenters. The minimum absolute atomic E-state index is 0.0758. The molecular formula is C10H11NO5. The quantitative estimate of drug-likeness (QED) is 0.615. The van der Waals surface area contributed by atoms with Crippen LogP contribution in [0.2, 0.25) is 0 Å². The third kappa shape index (κ3) is 1.13. The van der Waals surface area contributed by atoms with E-state index in [9.17, 15) is 14.4 Å². The van der Waals surface area contributed by atoms with Crippen molar-refractivity contribution in [2.75, 3.05) is 13.2 Å². The van der Waals surface area contributed by atoms with Crippen molar-refractivity contribution in [2.24, 2.45) is 17.8 Å². The molecular weight excluding hydrogens is 214 g/mol. The molecule has 0 spiro atoms. The summed E-state index contributed by atoms with van der Waals surface area (Å²) in [6, 6.07) is -0.606. The fourth-order valence-electron chi connectivity index (χ4n) is 2.57. The van der Waals surface area contributed by atoms with Gasteiger partial charge in [-0.1, -0.05) is 0 Å². The van der Waals surface area contributed by atoms with E-state index >= 15 is 0 Å². The molecule has 6 heteroatoms. The number of fused-ring (bicyclic) bond motifs is 1. The van der Waals surface area contributed by atoms with Crippen LogP contribution in [0.3, 0.4) is 0 Å². The highest BCUT2D eigenvalue weighted by Gasteiger charge is 2.62. The number of ether oxygens (including phenoxy) is 1. The van der Waals surface area contributed by atoms with Gasteiger partial charge in [0.05, 0.1) is 31.1 Å². The molecule has 1 saturated carbocycles. The van der Waals surface area contributed by atoms with Crippen molar-refractivity contribution in [3.05, 3.63) is 0 Å². The van der Waals surface area contributed by atoms with Crippen LogP contribution >= 0.6 is 0 Å². The Morgan fingerprint density at radius 1 is 1.25 bits per heavy atom. The van der Waals surface area contributed by atoms with Crippen LogP contribution in [0.15, 0.2) is 0 Å². The predicted molar refractivity (Wildman–Crippen MR) is 49.2 cm³/mol. The maximum absolute atomic E-state index is 11.8. The van der Waals surface area contributed by atoms with E-state index in [1.807, 2.05) is 0 Å². The summed E-state index contributed by atoms with van der Waals surface area (Å²) in [5.74, 6) is -2.56. The zero-order valence-corrected chi connectivity index (χ0v) is 8.46. The number of rotatable bonds is 2. The third-order valence-corrected chi connectivity index (χ3v) is 3.60. The number of hydrogen-bond donors (Lipinski definition) is 1. The second-order valence-electron chi connectivity index (χ2n) is 4.54. The zero-order chi connectivity index (χ0) is 11.4. The first-order valence-corrected chi connectivity index (χ1v) is 5.28. The van der Waals surface area contributed by atoms with Gasteiger partial charge in [-0.15, -0.1) is 0 Å². The largest absolute Gasteiger partial charge is 0.481 e. The fraction of sp³-hybridized carbons (Fsp3) is 0.700. The second kappa shape index (κ2) is 3.04. The van der Waals surface area contributed by atoms with E-state index in [2.05, 4.69) is 0 Å². The van der Waals surface area contributed by atoms with Crippen LogP contribution in [-0.4, -0.2) is 47.0 Å². The smallest absolute Gasteiger partial charge is 0.311 e. The van der Waals surface area contributed by atoms with Crippen LogP contribution in [0, 0.1) is 17.8 Å². The number of likely N-dealkylation sites (tertiary alicyclic amines) is 1. The Balaban J connectivity index is 1.85. The summed E-state index contributed by atoms with van der Waals surface area (Å²) < 4.78 is 5.06. The number of carbonyl (C=O) groups is 3. The van der Waals surface area contributed by atoms with E-state index in [0.717, 1.165) is 4.90 Å².